The SMILES string of the molecule is CC(=O)Nc1ccc(Nc2c(NCc3ccccc3)cc(C(=O)O)cc2S(N)(=O)=O)cc1. The first-order valence-corrected chi connectivity index (χ1v) is 11.0. The van der Waals surface area contributed by atoms with E-state index in [1.807, 2.05) is 30.3 Å². The lowest BCUT2D eigenvalue weighted by molar-refractivity contribution is -0.114. The molecule has 10 heteroatoms. The summed E-state index contributed by atoms with van der Waals surface area (Å²) in [6.45, 7) is 1.71. The topological polar surface area (TPSA) is 151 Å². The van der Waals surface area contributed by atoms with E-state index in [1.165, 1.54) is 13.0 Å². The normalized spacial score (nSPS) is 10.9. The molecule has 6 N–H and O–H groups in total. The molecule has 0 heterocycles. The van der Waals surface area contributed by atoms with Crippen LogP contribution in [0.4, 0.5) is 22.7 Å². The summed E-state index contributed by atoms with van der Waals surface area (Å²) in [4.78, 5) is 22.4. The Labute approximate surface area is 185 Å². The van der Waals surface area contributed by atoms with Crippen LogP contribution < -0.4 is 21.1 Å². The van der Waals surface area contributed by atoms with Crippen LogP contribution in [0.2, 0.25) is 0 Å². The summed E-state index contributed by atoms with van der Waals surface area (Å²) in [5, 5.41) is 23.6. The van der Waals surface area contributed by atoms with Gasteiger partial charge in [-0.25, -0.2) is 18.4 Å². The minimum atomic E-state index is -4.26. The van der Waals surface area contributed by atoms with E-state index in [-0.39, 0.29) is 27.7 Å². The summed E-state index contributed by atoms with van der Waals surface area (Å²) in [5.74, 6) is -1.51. The van der Waals surface area contributed by atoms with Gasteiger partial charge >= 0.3 is 5.97 Å². The van der Waals surface area contributed by atoms with Crippen LogP contribution in [0.3, 0.4) is 0 Å². The quantitative estimate of drug-likeness (QED) is 0.350. The Morgan fingerprint density at radius 2 is 1.59 bits per heavy atom. The number of carbonyl (C=O) groups is 2. The number of primary sulfonamides is 1. The molecule has 0 aliphatic carbocycles. The van der Waals surface area contributed by atoms with Crippen molar-refractivity contribution in [3.63, 3.8) is 0 Å². The third-order valence-electron chi connectivity index (χ3n) is 4.46. The number of amides is 1. The van der Waals surface area contributed by atoms with Gasteiger partial charge in [0.25, 0.3) is 0 Å². The molecule has 0 unspecified atom stereocenters. The minimum absolute atomic E-state index is 0.112. The Morgan fingerprint density at radius 3 is 2.16 bits per heavy atom. The second kappa shape index (κ2) is 9.50. The third kappa shape index (κ3) is 5.84. The predicted octanol–water partition coefficient (Wildman–Crippen LogP) is 3.35. The smallest absolute Gasteiger partial charge is 0.335 e. The molecule has 3 aromatic carbocycles. The van der Waals surface area contributed by atoms with Gasteiger partial charge in [-0.15, -0.1) is 0 Å². The maximum absolute atomic E-state index is 12.3. The monoisotopic (exact) mass is 454 g/mol. The molecule has 9 nitrogen and oxygen atoms in total. The van der Waals surface area contributed by atoms with Crippen LogP contribution in [0, 0.1) is 0 Å². The number of carboxylic acid groups (broad SMARTS) is 1. The Balaban J connectivity index is 2.04. The van der Waals surface area contributed by atoms with Crippen LogP contribution in [0.25, 0.3) is 0 Å². The second-order valence-corrected chi connectivity index (χ2v) is 8.50. The molecule has 0 spiro atoms. The van der Waals surface area contributed by atoms with E-state index in [4.69, 9.17) is 5.14 Å². The highest BCUT2D eigenvalue weighted by molar-refractivity contribution is 7.89. The first kappa shape index (κ1) is 22.8. The van der Waals surface area contributed by atoms with E-state index in [0.29, 0.717) is 17.9 Å². The number of sulfonamides is 1. The maximum Gasteiger partial charge on any atom is 0.335 e. The van der Waals surface area contributed by atoms with Crippen LogP contribution in [-0.4, -0.2) is 25.4 Å². The molecule has 166 valence electrons. The summed E-state index contributed by atoms with van der Waals surface area (Å²) in [5.41, 5.74) is 2.13. The van der Waals surface area contributed by atoms with Crippen LogP contribution >= 0.6 is 0 Å². The van der Waals surface area contributed by atoms with E-state index in [2.05, 4.69) is 16.0 Å². The fourth-order valence-electron chi connectivity index (χ4n) is 3.01. The molecule has 0 saturated carbocycles. The second-order valence-electron chi connectivity index (χ2n) is 6.97. The van der Waals surface area contributed by atoms with Gasteiger partial charge in [0.15, 0.2) is 0 Å². The van der Waals surface area contributed by atoms with Crippen molar-refractivity contribution in [1.82, 2.24) is 0 Å². The van der Waals surface area contributed by atoms with Crippen molar-refractivity contribution >= 4 is 44.6 Å². The van der Waals surface area contributed by atoms with Gasteiger partial charge < -0.3 is 21.1 Å². The largest absolute Gasteiger partial charge is 0.478 e. The highest BCUT2D eigenvalue weighted by Gasteiger charge is 2.22. The van der Waals surface area contributed by atoms with Crippen LogP contribution in [0.15, 0.2) is 71.6 Å². The van der Waals surface area contributed by atoms with Gasteiger partial charge in [0.1, 0.15) is 4.90 Å². The Bertz CT molecular complexity index is 1240. The van der Waals surface area contributed by atoms with Gasteiger partial charge in [-0.2, -0.15) is 0 Å². The number of carbonyl (C=O) groups excluding carboxylic acids is 1. The number of carboxylic acids is 1. The molecular weight excluding hydrogens is 432 g/mol. The number of nitrogens with one attached hydrogen (secondary N) is 3. The molecule has 0 atom stereocenters. The molecule has 3 rings (SSSR count). The highest BCUT2D eigenvalue weighted by atomic mass is 32.2. The molecular formula is C22H22N4O5S. The van der Waals surface area contributed by atoms with Crippen molar-refractivity contribution in [1.29, 1.82) is 0 Å². The van der Waals surface area contributed by atoms with Crippen molar-refractivity contribution in [2.45, 2.75) is 18.4 Å². The number of anilines is 4. The first-order valence-electron chi connectivity index (χ1n) is 9.50. The van der Waals surface area contributed by atoms with Crippen molar-refractivity contribution < 1.29 is 23.1 Å². The average Bonchev–Trinajstić information content (AvgIpc) is 2.73. The zero-order chi connectivity index (χ0) is 23.3. The lowest BCUT2D eigenvalue weighted by Gasteiger charge is -2.18. The molecule has 0 radical (unpaired) electrons. The predicted molar refractivity (Wildman–Crippen MR) is 123 cm³/mol. The Hall–Kier alpha value is -3.89. The highest BCUT2D eigenvalue weighted by Crippen LogP contribution is 2.34. The lowest BCUT2D eigenvalue weighted by Crippen LogP contribution is -2.17. The van der Waals surface area contributed by atoms with E-state index in [1.54, 1.807) is 24.3 Å². The average molecular weight is 455 g/mol. The van der Waals surface area contributed by atoms with Crippen molar-refractivity contribution in [3.05, 3.63) is 77.9 Å². The lowest BCUT2D eigenvalue weighted by atomic mass is 10.1. The summed E-state index contributed by atoms with van der Waals surface area (Å²) in [6, 6.07) is 18.3. The zero-order valence-electron chi connectivity index (χ0n) is 17.1. The van der Waals surface area contributed by atoms with Crippen LogP contribution in [-0.2, 0) is 21.4 Å². The van der Waals surface area contributed by atoms with Gasteiger partial charge in [-0.1, -0.05) is 30.3 Å². The minimum Gasteiger partial charge on any atom is -0.478 e. The molecule has 0 aromatic heterocycles. The number of benzene rings is 3. The Morgan fingerprint density at radius 1 is 0.969 bits per heavy atom. The molecule has 1 amide bonds. The van der Waals surface area contributed by atoms with Gasteiger partial charge in [0.05, 0.1) is 16.9 Å². The van der Waals surface area contributed by atoms with Crippen molar-refractivity contribution in [3.8, 4) is 0 Å². The molecule has 0 saturated heterocycles. The number of hydrogen-bond donors (Lipinski definition) is 5. The van der Waals surface area contributed by atoms with E-state index in [9.17, 15) is 23.1 Å². The zero-order valence-corrected chi connectivity index (χ0v) is 17.9. The van der Waals surface area contributed by atoms with Crippen molar-refractivity contribution in [2.24, 2.45) is 5.14 Å². The Kier molecular flexibility index (Phi) is 6.76. The van der Waals surface area contributed by atoms with Gasteiger partial charge in [0, 0.05) is 24.8 Å². The van der Waals surface area contributed by atoms with Gasteiger partial charge in [-0.05, 0) is 42.0 Å². The summed E-state index contributed by atoms with van der Waals surface area (Å²) >= 11 is 0. The molecule has 0 aliphatic heterocycles. The number of aromatic carboxylic acids is 1. The molecule has 0 fully saturated rings. The van der Waals surface area contributed by atoms with E-state index >= 15 is 0 Å². The summed E-state index contributed by atoms with van der Waals surface area (Å²) in [6.07, 6.45) is 0. The number of rotatable bonds is 8. The standard InChI is InChI=1S/C22H22N4O5S/c1-14(27)25-17-7-9-18(10-8-17)26-21-19(24-13-15-5-3-2-4-6-15)11-16(22(28)29)12-20(21)32(23,30)31/h2-12,24,26H,13H2,1H3,(H,25,27)(H,28,29)(H2,23,30,31). The molecule has 0 bridgehead atoms. The van der Waals surface area contributed by atoms with Crippen LogP contribution in [0.5, 0.6) is 0 Å². The number of hydrogen-bond acceptors (Lipinski definition) is 6. The van der Waals surface area contributed by atoms with Crippen molar-refractivity contribution in [2.75, 3.05) is 16.0 Å². The number of nitrogens with two attached hydrogens (primary N) is 1. The molecule has 0 aliphatic rings. The maximum atomic E-state index is 12.3. The van der Waals surface area contributed by atoms with E-state index in [0.717, 1.165) is 11.6 Å². The third-order valence-corrected chi connectivity index (χ3v) is 5.39. The first-order chi connectivity index (χ1) is 15.1. The van der Waals surface area contributed by atoms with Gasteiger partial charge in [0.2, 0.25) is 15.9 Å². The van der Waals surface area contributed by atoms with Crippen LogP contribution in [0.1, 0.15) is 22.8 Å². The van der Waals surface area contributed by atoms with E-state index < -0.39 is 16.0 Å². The molecule has 32 heavy (non-hydrogen) atoms. The molecule has 3 aromatic rings. The summed E-state index contributed by atoms with van der Waals surface area (Å²) in [7, 11) is -4.26. The fourth-order valence-corrected chi connectivity index (χ4v) is 3.75. The van der Waals surface area contributed by atoms with Gasteiger partial charge in [-0.3, -0.25) is 4.79 Å². The summed E-state index contributed by atoms with van der Waals surface area (Å²) < 4.78 is 24.6. The fraction of sp³-hybridized carbons (Fsp3) is 0.0909.